The van der Waals surface area contributed by atoms with Gasteiger partial charge in [-0.15, -0.1) is 0 Å². The van der Waals surface area contributed by atoms with E-state index in [-0.39, 0.29) is 6.32 Å². The first-order valence-electron chi connectivity index (χ1n) is 6.24. The number of esters is 1. The fraction of sp³-hybridized carbons (Fsp3) is 0.417. The van der Waals surface area contributed by atoms with Crippen LogP contribution >= 0.6 is 0 Å². The highest BCUT2D eigenvalue weighted by Crippen LogP contribution is 2.47. The van der Waals surface area contributed by atoms with Crippen LogP contribution in [0.15, 0.2) is 24.3 Å². The average molecular weight is 390 g/mol. The lowest BCUT2D eigenvalue weighted by Gasteiger charge is -2.35. The Labute approximate surface area is 139 Å². The van der Waals surface area contributed by atoms with Gasteiger partial charge in [0.2, 0.25) is 0 Å². The zero-order valence-electron chi connectivity index (χ0n) is 12.1. The molecule has 2 radical (unpaired) electrons. The van der Waals surface area contributed by atoms with Crippen molar-refractivity contribution in [3.63, 3.8) is 0 Å². The van der Waals surface area contributed by atoms with Crippen LogP contribution in [0.1, 0.15) is 15.9 Å². The van der Waals surface area contributed by atoms with Gasteiger partial charge in [0.25, 0.3) is 10.1 Å². The molecule has 0 atom stereocenters. The number of carbonyl (C=O) groups excluding carboxylic acids is 1. The minimum atomic E-state index is -6.37. The maximum absolute atomic E-state index is 13.0. The highest BCUT2D eigenvalue weighted by atomic mass is 32.2. The molecule has 0 spiro atoms. The molecule has 0 saturated carbocycles. The molecular weight excluding hydrogens is 381 g/mol. The van der Waals surface area contributed by atoms with Crippen molar-refractivity contribution in [2.45, 2.75) is 24.3 Å². The molecule has 13 heteroatoms. The zero-order chi connectivity index (χ0) is 19.7. The second-order valence-corrected chi connectivity index (χ2v) is 6.29. The van der Waals surface area contributed by atoms with E-state index in [1.807, 2.05) is 0 Å². The van der Waals surface area contributed by atoms with Gasteiger partial charge in [0.05, 0.1) is 13.4 Å². The van der Waals surface area contributed by atoms with Gasteiger partial charge in [-0.05, 0) is 12.1 Å². The molecule has 1 aromatic rings. The summed E-state index contributed by atoms with van der Waals surface area (Å²) in [4.78, 5) is 11.7. The molecule has 0 aliphatic rings. The molecule has 5 nitrogen and oxygen atoms in total. The van der Waals surface area contributed by atoms with Crippen LogP contribution in [0.25, 0.3) is 0 Å². The summed E-state index contributed by atoms with van der Waals surface area (Å²) in [6.45, 7) is 0. The van der Waals surface area contributed by atoms with E-state index in [1.165, 1.54) is 0 Å². The molecule has 0 unspecified atom stereocenters. The van der Waals surface area contributed by atoms with Crippen molar-refractivity contribution in [3.8, 4) is 0 Å². The molecule has 1 aromatic carbocycles. The van der Waals surface area contributed by atoms with Crippen LogP contribution in [0.2, 0.25) is 0 Å². The van der Waals surface area contributed by atoms with Crippen LogP contribution in [-0.2, 0) is 21.2 Å². The second kappa shape index (κ2) is 6.86. The first-order chi connectivity index (χ1) is 11.1. The quantitative estimate of drug-likeness (QED) is 0.361. The minimum Gasteiger partial charge on any atom is -0.435 e. The Balaban J connectivity index is 3.38. The lowest BCUT2D eigenvalue weighted by atomic mass is 9.96. The van der Waals surface area contributed by atoms with E-state index in [2.05, 4.69) is 4.74 Å². The second-order valence-electron chi connectivity index (χ2n) is 4.84. The summed E-state index contributed by atoms with van der Waals surface area (Å²) >= 11 is 0. The van der Waals surface area contributed by atoms with Crippen LogP contribution in [0, 0.1) is 0 Å². The minimum absolute atomic E-state index is 0.00682. The van der Waals surface area contributed by atoms with Crippen LogP contribution in [0.5, 0.6) is 0 Å². The maximum atomic E-state index is 13.0. The first-order valence-corrected chi connectivity index (χ1v) is 7.85. The zero-order valence-corrected chi connectivity index (χ0v) is 12.9. The van der Waals surface area contributed by atoms with Crippen molar-refractivity contribution in [3.05, 3.63) is 35.4 Å². The lowest BCUT2D eigenvalue weighted by Crippen LogP contribution is -2.63. The Morgan fingerprint density at radius 1 is 1.04 bits per heavy atom. The van der Waals surface area contributed by atoms with E-state index in [0.717, 1.165) is 24.3 Å². The molecule has 1 N–H and O–H groups in total. The van der Waals surface area contributed by atoms with Gasteiger partial charge in [0, 0.05) is 0 Å². The molecular formula is C12H9BF6O5S. The van der Waals surface area contributed by atoms with E-state index in [0.29, 0.717) is 5.56 Å². The molecule has 25 heavy (non-hydrogen) atoms. The standard InChI is InChI=1S/C12H9BF6O5S/c13-5-7-1-3-8(4-2-7)9(20)24-10(11(14,15)16,12(17,18)19)6-25(21,22)23/h1-4H,5-6H2,(H,21,22,23). The van der Waals surface area contributed by atoms with E-state index in [9.17, 15) is 39.6 Å². The van der Waals surface area contributed by atoms with Gasteiger partial charge in [-0.2, -0.15) is 34.8 Å². The molecule has 0 saturated heterocycles. The predicted molar refractivity (Wildman–Crippen MR) is 72.6 cm³/mol. The van der Waals surface area contributed by atoms with Crippen LogP contribution in [0.3, 0.4) is 0 Å². The maximum Gasteiger partial charge on any atom is 0.438 e. The number of hydrogen-bond acceptors (Lipinski definition) is 4. The largest absolute Gasteiger partial charge is 0.438 e. The highest BCUT2D eigenvalue weighted by molar-refractivity contribution is 7.85. The van der Waals surface area contributed by atoms with E-state index >= 15 is 0 Å². The number of rotatable bonds is 5. The number of benzene rings is 1. The average Bonchev–Trinajstić information content (AvgIpc) is 2.42. The third-order valence-corrected chi connectivity index (χ3v) is 3.77. The number of ether oxygens (including phenoxy) is 1. The highest BCUT2D eigenvalue weighted by Gasteiger charge is 2.76. The topological polar surface area (TPSA) is 80.7 Å². The van der Waals surface area contributed by atoms with E-state index in [4.69, 9.17) is 12.4 Å². The molecule has 0 aliphatic heterocycles. The third kappa shape index (κ3) is 4.88. The normalized spacial score (nSPS) is 13.6. The van der Waals surface area contributed by atoms with Gasteiger partial charge >= 0.3 is 23.9 Å². The number of hydrogen-bond donors (Lipinski definition) is 1. The predicted octanol–water partition coefficient (Wildman–Crippen LogP) is 2.26. The number of carbonyl (C=O) groups is 1. The fourth-order valence-electron chi connectivity index (χ4n) is 1.72. The van der Waals surface area contributed by atoms with Crippen molar-refractivity contribution in [2.24, 2.45) is 0 Å². The Kier molecular flexibility index (Phi) is 5.85. The number of alkyl halides is 6. The van der Waals surface area contributed by atoms with E-state index < -0.39 is 45.4 Å². The smallest absolute Gasteiger partial charge is 0.435 e. The van der Waals surface area contributed by atoms with Crippen LogP contribution < -0.4 is 0 Å². The van der Waals surface area contributed by atoms with Crippen LogP contribution in [-0.4, -0.2) is 50.5 Å². The third-order valence-electron chi connectivity index (χ3n) is 2.99. The molecule has 0 aromatic heterocycles. The first kappa shape index (κ1) is 21.3. The fourth-order valence-corrected chi connectivity index (χ4v) is 2.62. The van der Waals surface area contributed by atoms with Gasteiger partial charge in [0.1, 0.15) is 5.75 Å². The molecule has 1 rings (SSSR count). The van der Waals surface area contributed by atoms with Gasteiger partial charge in [-0.3, -0.25) is 4.55 Å². The monoisotopic (exact) mass is 390 g/mol. The van der Waals surface area contributed by atoms with E-state index in [1.54, 1.807) is 0 Å². The van der Waals surface area contributed by atoms with Crippen molar-refractivity contribution in [1.29, 1.82) is 0 Å². The Bertz CT molecular complexity index is 712. The molecule has 0 fully saturated rings. The summed E-state index contributed by atoms with van der Waals surface area (Å²) in [6, 6.07) is 4.02. The van der Waals surface area contributed by atoms with Gasteiger partial charge in [0.15, 0.2) is 0 Å². The molecule has 0 amide bonds. The molecule has 0 heterocycles. The van der Waals surface area contributed by atoms with Gasteiger partial charge in [-0.1, -0.05) is 24.0 Å². The summed E-state index contributed by atoms with van der Waals surface area (Å²) in [5, 5.41) is 0. The van der Waals surface area contributed by atoms with Gasteiger partial charge < -0.3 is 4.74 Å². The van der Waals surface area contributed by atoms with Gasteiger partial charge in [-0.25, -0.2) is 4.79 Å². The Morgan fingerprint density at radius 2 is 1.48 bits per heavy atom. The van der Waals surface area contributed by atoms with Crippen molar-refractivity contribution >= 4 is 23.9 Å². The Hall–Kier alpha value is -1.76. The summed E-state index contributed by atoms with van der Waals surface area (Å²) in [7, 11) is -0.567. The number of halogens is 6. The Morgan fingerprint density at radius 3 is 1.80 bits per heavy atom. The molecule has 138 valence electrons. The summed E-state index contributed by atoms with van der Waals surface area (Å²) < 4.78 is 111. The summed E-state index contributed by atoms with van der Waals surface area (Å²) in [5.41, 5.74) is -5.71. The summed E-state index contributed by atoms with van der Waals surface area (Å²) in [6.07, 6.45) is -12.7. The lowest BCUT2D eigenvalue weighted by molar-refractivity contribution is -0.356. The molecule has 0 bridgehead atoms. The van der Waals surface area contributed by atoms with Crippen molar-refractivity contribution < 1.29 is 48.8 Å². The summed E-state index contributed by atoms with van der Waals surface area (Å²) in [5.74, 6) is -5.01. The van der Waals surface area contributed by atoms with Crippen molar-refractivity contribution in [2.75, 3.05) is 5.75 Å². The SMILES string of the molecule is [B]Cc1ccc(C(=O)OC(CS(=O)(=O)O)(C(F)(F)F)C(F)(F)F)cc1. The van der Waals surface area contributed by atoms with Crippen LogP contribution in [0.4, 0.5) is 26.3 Å². The molecule has 0 aliphatic carbocycles. The van der Waals surface area contributed by atoms with Crippen molar-refractivity contribution in [1.82, 2.24) is 0 Å².